The van der Waals surface area contributed by atoms with Crippen molar-refractivity contribution < 1.29 is 8.94 Å². The summed E-state index contributed by atoms with van der Waals surface area (Å²) >= 11 is 5.87. The highest BCUT2D eigenvalue weighted by atomic mass is 35.5. The van der Waals surface area contributed by atoms with Gasteiger partial charge in [0.05, 0.1) is 16.2 Å². The number of allylic oxidation sites excluding steroid dienone is 1. The highest BCUT2D eigenvalue weighted by Gasteiger charge is 2.25. The summed E-state index contributed by atoms with van der Waals surface area (Å²) in [4.78, 5) is 5.18. The van der Waals surface area contributed by atoms with E-state index in [0.29, 0.717) is 15.6 Å². The van der Waals surface area contributed by atoms with Crippen molar-refractivity contribution in [3.05, 3.63) is 57.2 Å². The van der Waals surface area contributed by atoms with E-state index in [4.69, 9.17) is 17.3 Å². The second-order valence-electron chi connectivity index (χ2n) is 4.29. The van der Waals surface area contributed by atoms with Gasteiger partial charge in [-0.05, 0) is 24.3 Å². The fourth-order valence-corrected chi connectivity index (χ4v) is 3.43. The number of nitrogens with one attached hydrogen (secondary N) is 1. The molecule has 0 saturated heterocycles. The minimum Gasteiger partial charge on any atom is -0.593 e. The Hall–Kier alpha value is -1.12. The molecule has 0 radical (unpaired) electrons. The lowest BCUT2D eigenvalue weighted by atomic mass is 10.1. The van der Waals surface area contributed by atoms with Gasteiger partial charge in [-0.2, -0.15) is 0 Å². The van der Waals surface area contributed by atoms with Gasteiger partial charge in [0.2, 0.25) is 0 Å². The fourth-order valence-electron chi connectivity index (χ4n) is 1.65. The molecule has 2 aromatic rings. The first-order chi connectivity index (χ1) is 9.88. The van der Waals surface area contributed by atoms with E-state index in [1.54, 1.807) is 19.2 Å². The summed E-state index contributed by atoms with van der Waals surface area (Å²) < 4.78 is 28.1. The van der Waals surface area contributed by atoms with Crippen LogP contribution in [0.4, 0.5) is 9.52 Å². The van der Waals surface area contributed by atoms with Crippen LogP contribution in [0.5, 0.6) is 0 Å². The molecular weight excluding hydrogens is 333 g/mol. The Labute approximate surface area is 134 Å². The minimum atomic E-state index is -1.47. The van der Waals surface area contributed by atoms with Crippen molar-refractivity contribution in [2.24, 2.45) is 0 Å². The molecule has 0 aliphatic heterocycles. The van der Waals surface area contributed by atoms with Gasteiger partial charge >= 0.3 is 0 Å². The SMILES string of the molecule is C=C(C)[S+]([O-])N[C@H](c1cnc(N)s1)c1ccc(F)cc1Cl. The largest absolute Gasteiger partial charge is 0.593 e. The summed E-state index contributed by atoms with van der Waals surface area (Å²) in [6.45, 7) is 5.29. The van der Waals surface area contributed by atoms with Crippen LogP contribution in [0.15, 0.2) is 35.9 Å². The van der Waals surface area contributed by atoms with Gasteiger partial charge in [0.25, 0.3) is 0 Å². The number of hydrogen-bond acceptors (Lipinski definition) is 5. The molecule has 4 nitrogen and oxygen atoms in total. The van der Waals surface area contributed by atoms with Gasteiger partial charge in [-0.3, -0.25) is 0 Å². The van der Waals surface area contributed by atoms with Crippen molar-refractivity contribution in [3.63, 3.8) is 0 Å². The zero-order valence-corrected chi connectivity index (χ0v) is 13.5. The number of anilines is 1. The molecule has 0 aliphatic carbocycles. The van der Waals surface area contributed by atoms with Gasteiger partial charge in [-0.25, -0.2) is 9.37 Å². The smallest absolute Gasteiger partial charge is 0.180 e. The molecule has 3 N–H and O–H groups in total. The third-order valence-electron chi connectivity index (χ3n) is 2.64. The molecule has 0 spiro atoms. The van der Waals surface area contributed by atoms with Gasteiger partial charge in [-0.1, -0.05) is 17.7 Å². The summed E-state index contributed by atoms with van der Waals surface area (Å²) in [7, 11) is 0. The van der Waals surface area contributed by atoms with E-state index < -0.39 is 23.2 Å². The molecule has 0 fully saturated rings. The molecule has 1 heterocycles. The molecule has 8 heteroatoms. The van der Waals surface area contributed by atoms with Crippen LogP contribution in [0.3, 0.4) is 0 Å². The third-order valence-corrected chi connectivity index (χ3v) is 4.94. The van der Waals surface area contributed by atoms with Crippen molar-refractivity contribution in [1.29, 1.82) is 0 Å². The molecule has 0 bridgehead atoms. The number of nitrogens with two attached hydrogens (primary N) is 1. The standard InChI is InChI=1S/C13H13ClFN3OS2/c1-7(2)21(19)18-12(11-6-17-13(16)20-11)9-4-3-8(15)5-10(9)14/h3-6,12,18H,1H2,2H3,(H2,16,17)/t12-,21?/m0/s1. The maximum absolute atomic E-state index is 13.2. The van der Waals surface area contributed by atoms with Crippen LogP contribution in [0.2, 0.25) is 5.02 Å². The number of nitrogen functional groups attached to an aromatic ring is 1. The summed E-state index contributed by atoms with van der Waals surface area (Å²) in [6, 6.07) is 3.54. The highest BCUT2D eigenvalue weighted by molar-refractivity contribution is 7.93. The van der Waals surface area contributed by atoms with Gasteiger partial charge < -0.3 is 10.3 Å². The summed E-state index contributed by atoms with van der Waals surface area (Å²) in [5.74, 6) is -0.438. The number of nitrogens with zero attached hydrogens (tertiary/aromatic N) is 1. The predicted octanol–water partition coefficient (Wildman–Crippen LogP) is 3.39. The van der Waals surface area contributed by atoms with Crippen LogP contribution in [0.25, 0.3) is 0 Å². The lowest BCUT2D eigenvalue weighted by molar-refractivity contribution is 0.578. The van der Waals surface area contributed by atoms with Gasteiger partial charge in [0.1, 0.15) is 16.8 Å². The second-order valence-corrected chi connectivity index (χ2v) is 7.26. The van der Waals surface area contributed by atoms with Crippen LogP contribution in [-0.4, -0.2) is 9.54 Å². The number of hydrogen-bond donors (Lipinski definition) is 2. The monoisotopic (exact) mass is 345 g/mol. The minimum absolute atomic E-state index is 0.234. The average molecular weight is 346 g/mol. The van der Waals surface area contributed by atoms with Crippen LogP contribution >= 0.6 is 22.9 Å². The fraction of sp³-hybridized carbons (Fsp3) is 0.154. The molecule has 21 heavy (non-hydrogen) atoms. The zero-order chi connectivity index (χ0) is 15.6. The van der Waals surface area contributed by atoms with E-state index in [1.165, 1.54) is 23.5 Å². The molecule has 1 aromatic carbocycles. The second kappa shape index (κ2) is 6.76. The highest BCUT2D eigenvalue weighted by Crippen LogP contribution is 2.33. The Morgan fingerprint density at radius 1 is 1.62 bits per heavy atom. The lowest BCUT2D eigenvalue weighted by Gasteiger charge is -2.20. The van der Waals surface area contributed by atoms with Crippen molar-refractivity contribution in [2.75, 3.05) is 5.73 Å². The maximum Gasteiger partial charge on any atom is 0.180 e. The number of aromatic nitrogens is 1. The summed E-state index contributed by atoms with van der Waals surface area (Å²) in [5.41, 5.74) is 6.23. The average Bonchev–Trinajstić information content (AvgIpc) is 2.83. The molecule has 0 saturated carbocycles. The van der Waals surface area contributed by atoms with Crippen LogP contribution in [0, 0.1) is 5.82 Å². The quantitative estimate of drug-likeness (QED) is 0.814. The van der Waals surface area contributed by atoms with Crippen molar-refractivity contribution >= 4 is 39.4 Å². The molecular formula is C13H13ClFN3OS2. The molecule has 0 amide bonds. The first-order valence-electron chi connectivity index (χ1n) is 5.88. The van der Waals surface area contributed by atoms with E-state index in [9.17, 15) is 8.94 Å². The molecule has 0 aliphatic rings. The van der Waals surface area contributed by atoms with Gasteiger partial charge in [0, 0.05) is 18.1 Å². The predicted molar refractivity (Wildman–Crippen MR) is 85.9 cm³/mol. The van der Waals surface area contributed by atoms with E-state index in [1.807, 2.05) is 0 Å². The maximum atomic E-state index is 13.2. The van der Waals surface area contributed by atoms with E-state index >= 15 is 0 Å². The van der Waals surface area contributed by atoms with Crippen LogP contribution in [0.1, 0.15) is 23.4 Å². The first kappa shape index (κ1) is 16.3. The Kier molecular flexibility index (Phi) is 5.23. The molecule has 112 valence electrons. The number of benzene rings is 1. The molecule has 2 rings (SSSR count). The topological polar surface area (TPSA) is 74.0 Å². The van der Waals surface area contributed by atoms with E-state index in [0.717, 1.165) is 4.88 Å². The third kappa shape index (κ3) is 3.96. The normalized spacial score (nSPS) is 13.9. The number of rotatable bonds is 5. The van der Waals surface area contributed by atoms with Crippen molar-refractivity contribution in [3.8, 4) is 0 Å². The van der Waals surface area contributed by atoms with E-state index in [2.05, 4.69) is 16.3 Å². The lowest BCUT2D eigenvalue weighted by Crippen LogP contribution is -2.29. The van der Waals surface area contributed by atoms with Gasteiger partial charge in [0.15, 0.2) is 5.13 Å². The summed E-state index contributed by atoms with van der Waals surface area (Å²) in [5, 5.41) is 0.620. The Bertz CT molecular complexity index is 665. The van der Waals surface area contributed by atoms with Crippen LogP contribution < -0.4 is 10.5 Å². The molecule has 1 aromatic heterocycles. The zero-order valence-electron chi connectivity index (χ0n) is 11.1. The molecule has 1 unspecified atom stereocenters. The Morgan fingerprint density at radius 3 is 2.86 bits per heavy atom. The van der Waals surface area contributed by atoms with E-state index in [-0.39, 0.29) is 5.02 Å². The van der Waals surface area contributed by atoms with Crippen molar-refractivity contribution in [1.82, 2.24) is 9.71 Å². The Balaban J connectivity index is 2.42. The van der Waals surface area contributed by atoms with Gasteiger partial charge in [-0.15, -0.1) is 16.1 Å². The number of thiazole rings is 1. The summed E-state index contributed by atoms with van der Waals surface area (Å²) in [6.07, 6.45) is 1.58. The first-order valence-corrected chi connectivity index (χ1v) is 8.22. The molecule has 2 atom stereocenters. The number of halogens is 2. The Morgan fingerprint density at radius 2 is 2.33 bits per heavy atom. The van der Waals surface area contributed by atoms with Crippen molar-refractivity contribution in [2.45, 2.75) is 13.0 Å². The van der Waals surface area contributed by atoms with Crippen LogP contribution in [-0.2, 0) is 11.4 Å².